The molecule has 184 valence electrons. The second-order valence-corrected chi connectivity index (χ2v) is 9.82. The van der Waals surface area contributed by atoms with Gasteiger partial charge in [0, 0.05) is 36.7 Å². The fraction of sp³-hybridized carbons (Fsp3) is 0.333. The Morgan fingerprint density at radius 2 is 1.75 bits per heavy atom. The lowest BCUT2D eigenvalue weighted by Gasteiger charge is -2.32. The number of nitrogens with zero attached hydrogens (tertiary/aromatic N) is 3. The summed E-state index contributed by atoms with van der Waals surface area (Å²) in [6, 6.07) is 13.4. The van der Waals surface area contributed by atoms with E-state index in [1.165, 1.54) is 5.56 Å². The van der Waals surface area contributed by atoms with Crippen LogP contribution in [0.3, 0.4) is 0 Å². The molecule has 6 nitrogen and oxygen atoms in total. The topological polar surface area (TPSA) is 75.2 Å². The molecule has 1 N–H and O–H groups in total. The fourth-order valence-electron chi connectivity index (χ4n) is 4.54. The van der Waals surface area contributed by atoms with Crippen LogP contribution in [0.1, 0.15) is 75.8 Å². The lowest BCUT2D eigenvalue weighted by atomic mass is 9.89. The number of nitrogens with one attached hydrogen (secondary N) is 1. The zero-order chi connectivity index (χ0) is 25.7. The van der Waals surface area contributed by atoms with E-state index in [1.54, 1.807) is 24.5 Å². The van der Waals surface area contributed by atoms with Crippen molar-refractivity contribution < 1.29 is 9.59 Å². The molecule has 0 atom stereocenters. The molecule has 3 aromatic rings. The summed E-state index contributed by atoms with van der Waals surface area (Å²) in [5, 5.41) is 2.90. The van der Waals surface area contributed by atoms with Gasteiger partial charge in [0.05, 0.1) is 0 Å². The Balaban J connectivity index is 1.39. The first-order valence-electron chi connectivity index (χ1n) is 12.4. The Labute approximate surface area is 213 Å². The molecule has 2 aromatic heterocycles. The van der Waals surface area contributed by atoms with Gasteiger partial charge < -0.3 is 10.2 Å². The second-order valence-electron chi connectivity index (χ2n) is 9.82. The summed E-state index contributed by atoms with van der Waals surface area (Å²) in [4.78, 5) is 36.5. The number of benzene rings is 1. The summed E-state index contributed by atoms with van der Waals surface area (Å²) in [5.74, 6) is 3.14. The Morgan fingerprint density at radius 3 is 2.36 bits per heavy atom. The molecular formula is C30H32N4O2. The highest BCUT2D eigenvalue weighted by Gasteiger charge is 2.26. The molecule has 0 radical (unpaired) electrons. The van der Waals surface area contributed by atoms with Gasteiger partial charge >= 0.3 is 0 Å². The molecule has 0 saturated carbocycles. The summed E-state index contributed by atoms with van der Waals surface area (Å²) >= 11 is 0. The van der Waals surface area contributed by atoms with Crippen LogP contribution < -0.4 is 5.32 Å². The van der Waals surface area contributed by atoms with E-state index in [2.05, 4.69) is 47.2 Å². The number of terminal acetylenes is 1. The van der Waals surface area contributed by atoms with Gasteiger partial charge in [-0.3, -0.25) is 19.6 Å². The average Bonchev–Trinajstić information content (AvgIpc) is 2.89. The number of pyridine rings is 2. The largest absolute Gasteiger partial charge is 0.337 e. The normalized spacial score (nSPS) is 13.9. The van der Waals surface area contributed by atoms with Gasteiger partial charge in [0.25, 0.3) is 11.8 Å². The molecule has 1 aliphatic heterocycles. The Bertz CT molecular complexity index is 1270. The van der Waals surface area contributed by atoms with E-state index in [-0.39, 0.29) is 11.8 Å². The number of hydrogen-bond acceptors (Lipinski definition) is 4. The summed E-state index contributed by atoms with van der Waals surface area (Å²) in [6.45, 7) is 7.46. The van der Waals surface area contributed by atoms with Gasteiger partial charge in [-0.25, -0.2) is 0 Å². The summed E-state index contributed by atoms with van der Waals surface area (Å²) in [7, 11) is 0. The maximum atomic E-state index is 13.2. The van der Waals surface area contributed by atoms with E-state index < -0.39 is 0 Å². The highest BCUT2D eigenvalue weighted by atomic mass is 16.2. The minimum atomic E-state index is -0.310. The van der Waals surface area contributed by atoms with Gasteiger partial charge in [0.15, 0.2) is 0 Å². The SMILES string of the molecule is C#Cc1ccc(C2CCN(C(=O)c3cc(NC(=O)c4ccc(CC(C)C)cn4)c(C)cn3)CC2)cc1. The van der Waals surface area contributed by atoms with Crippen molar-refractivity contribution in [1.82, 2.24) is 14.9 Å². The summed E-state index contributed by atoms with van der Waals surface area (Å²) < 4.78 is 0. The zero-order valence-corrected chi connectivity index (χ0v) is 21.1. The third-order valence-electron chi connectivity index (χ3n) is 6.60. The second kappa shape index (κ2) is 11.2. The predicted octanol–water partition coefficient (Wildman–Crippen LogP) is 5.24. The molecular weight excluding hydrogens is 448 g/mol. The van der Waals surface area contributed by atoms with Crippen LogP contribution in [0.2, 0.25) is 0 Å². The van der Waals surface area contributed by atoms with E-state index >= 15 is 0 Å². The Hall–Kier alpha value is -3.98. The van der Waals surface area contributed by atoms with Gasteiger partial charge in [0.1, 0.15) is 11.4 Å². The van der Waals surface area contributed by atoms with E-state index in [4.69, 9.17) is 6.42 Å². The monoisotopic (exact) mass is 480 g/mol. The first-order chi connectivity index (χ1) is 17.3. The van der Waals surface area contributed by atoms with E-state index in [0.717, 1.165) is 36.0 Å². The van der Waals surface area contributed by atoms with Gasteiger partial charge in [-0.15, -0.1) is 6.42 Å². The van der Waals surface area contributed by atoms with Crippen LogP contribution in [0.4, 0.5) is 5.69 Å². The summed E-state index contributed by atoms with van der Waals surface area (Å²) in [5.41, 5.74) is 5.24. The Morgan fingerprint density at radius 1 is 1.06 bits per heavy atom. The first-order valence-corrected chi connectivity index (χ1v) is 12.4. The number of aryl methyl sites for hydroxylation is 1. The highest BCUT2D eigenvalue weighted by molar-refractivity contribution is 6.04. The van der Waals surface area contributed by atoms with Crippen LogP contribution in [0.25, 0.3) is 0 Å². The number of likely N-dealkylation sites (tertiary alicyclic amines) is 1. The highest BCUT2D eigenvalue weighted by Crippen LogP contribution is 2.29. The molecule has 4 rings (SSSR count). The van der Waals surface area contributed by atoms with Crippen molar-refractivity contribution in [3.8, 4) is 12.3 Å². The van der Waals surface area contributed by atoms with Crippen LogP contribution in [-0.2, 0) is 6.42 Å². The third kappa shape index (κ3) is 5.98. The molecule has 1 fully saturated rings. The number of aromatic nitrogens is 2. The van der Waals surface area contributed by atoms with Crippen molar-refractivity contribution >= 4 is 17.5 Å². The van der Waals surface area contributed by atoms with Crippen LogP contribution in [0.5, 0.6) is 0 Å². The van der Waals surface area contributed by atoms with Gasteiger partial charge in [-0.2, -0.15) is 0 Å². The van der Waals surface area contributed by atoms with Crippen molar-refractivity contribution in [2.75, 3.05) is 18.4 Å². The molecule has 0 spiro atoms. The molecule has 1 aliphatic rings. The number of amides is 2. The zero-order valence-electron chi connectivity index (χ0n) is 21.1. The molecule has 6 heteroatoms. The van der Waals surface area contributed by atoms with Crippen molar-refractivity contribution in [2.24, 2.45) is 5.92 Å². The molecule has 3 heterocycles. The third-order valence-corrected chi connectivity index (χ3v) is 6.60. The number of rotatable bonds is 6. The van der Waals surface area contributed by atoms with Gasteiger partial charge in [0.2, 0.25) is 0 Å². The van der Waals surface area contributed by atoms with Crippen LogP contribution >= 0.6 is 0 Å². The lowest BCUT2D eigenvalue weighted by molar-refractivity contribution is 0.0706. The van der Waals surface area contributed by atoms with Crippen molar-refractivity contribution in [1.29, 1.82) is 0 Å². The Kier molecular flexibility index (Phi) is 7.80. The molecule has 36 heavy (non-hydrogen) atoms. The average molecular weight is 481 g/mol. The fourth-order valence-corrected chi connectivity index (χ4v) is 4.54. The number of carbonyl (C=O) groups excluding carboxylic acids is 2. The van der Waals surface area contributed by atoms with Crippen LogP contribution in [0.15, 0.2) is 54.9 Å². The number of piperidine rings is 1. The molecule has 0 unspecified atom stereocenters. The molecule has 2 amide bonds. The minimum absolute atomic E-state index is 0.122. The van der Waals surface area contributed by atoms with E-state index in [9.17, 15) is 9.59 Å². The van der Waals surface area contributed by atoms with Crippen LogP contribution in [0, 0.1) is 25.2 Å². The van der Waals surface area contributed by atoms with Crippen molar-refractivity contribution in [3.05, 3.63) is 88.5 Å². The van der Waals surface area contributed by atoms with E-state index in [0.29, 0.717) is 42.0 Å². The number of anilines is 1. The van der Waals surface area contributed by atoms with Crippen molar-refractivity contribution in [3.63, 3.8) is 0 Å². The smallest absolute Gasteiger partial charge is 0.274 e. The van der Waals surface area contributed by atoms with Crippen LogP contribution in [-0.4, -0.2) is 39.8 Å². The molecule has 0 aliphatic carbocycles. The van der Waals surface area contributed by atoms with Gasteiger partial charge in [-0.1, -0.05) is 38.0 Å². The maximum absolute atomic E-state index is 13.2. The first kappa shape index (κ1) is 25.1. The lowest BCUT2D eigenvalue weighted by Crippen LogP contribution is -2.38. The minimum Gasteiger partial charge on any atom is -0.337 e. The maximum Gasteiger partial charge on any atom is 0.274 e. The standard InChI is InChI=1S/C30H32N4O2/c1-5-22-6-9-24(10-7-22)25-12-14-34(15-13-25)30(36)28-17-27(21(4)18-31-28)33-29(35)26-11-8-23(19-32-26)16-20(2)3/h1,6-11,17-20,25H,12-16H2,2-4H3,(H,31,33,35). The number of carbonyl (C=O) groups is 2. The number of hydrogen-bond donors (Lipinski definition) is 1. The van der Waals surface area contributed by atoms with Crippen molar-refractivity contribution in [2.45, 2.75) is 46.0 Å². The van der Waals surface area contributed by atoms with Gasteiger partial charge in [-0.05, 0) is 79.0 Å². The molecule has 1 aromatic carbocycles. The quantitative estimate of drug-likeness (QED) is 0.490. The molecule has 1 saturated heterocycles. The van der Waals surface area contributed by atoms with E-state index in [1.807, 2.05) is 30.0 Å². The predicted molar refractivity (Wildman–Crippen MR) is 142 cm³/mol. The molecule has 0 bridgehead atoms. The summed E-state index contributed by atoms with van der Waals surface area (Å²) in [6.07, 6.45) is 11.5.